The Morgan fingerprint density at radius 1 is 1.47 bits per heavy atom. The Morgan fingerprint density at radius 2 is 2.24 bits per heavy atom. The van der Waals surface area contributed by atoms with Crippen LogP contribution in [0.5, 0.6) is 0 Å². The summed E-state index contributed by atoms with van der Waals surface area (Å²) < 4.78 is 0. The Balaban J connectivity index is 1.94. The third-order valence-electron chi connectivity index (χ3n) is 3.39. The van der Waals surface area contributed by atoms with Gasteiger partial charge in [0.05, 0.1) is 6.10 Å². The number of hydrogen-bond donors (Lipinski definition) is 3. The van der Waals surface area contributed by atoms with Crippen LogP contribution >= 0.6 is 0 Å². The van der Waals surface area contributed by atoms with Gasteiger partial charge in [-0.25, -0.2) is 4.98 Å². The van der Waals surface area contributed by atoms with Crippen molar-refractivity contribution >= 4 is 11.8 Å². The number of aromatic nitrogens is 2. The molecule has 1 aliphatic rings. The molecular weight excluding hydrogens is 216 g/mol. The normalized spacial score (nSPS) is 24.6. The van der Waals surface area contributed by atoms with E-state index in [4.69, 9.17) is 5.73 Å². The van der Waals surface area contributed by atoms with Gasteiger partial charge in [0.1, 0.15) is 5.82 Å². The number of hydrogen-bond acceptors (Lipinski definition) is 5. The molecule has 1 heterocycles. The summed E-state index contributed by atoms with van der Waals surface area (Å²) in [5, 5.41) is 13.1. The van der Waals surface area contributed by atoms with Crippen molar-refractivity contribution in [1.29, 1.82) is 0 Å². The quantitative estimate of drug-likeness (QED) is 0.737. The topological polar surface area (TPSA) is 84.1 Å². The number of aliphatic hydroxyl groups is 1. The molecule has 4 N–H and O–H groups in total. The second-order valence-electron chi connectivity index (χ2n) is 4.75. The monoisotopic (exact) mass is 236 g/mol. The Hall–Kier alpha value is -1.36. The summed E-state index contributed by atoms with van der Waals surface area (Å²) in [5.74, 6) is 1.37. The highest BCUT2D eigenvalue weighted by atomic mass is 16.3. The minimum atomic E-state index is -0.184. The largest absolute Gasteiger partial charge is 0.393 e. The summed E-state index contributed by atoms with van der Waals surface area (Å²) in [6.07, 6.45) is 5.86. The van der Waals surface area contributed by atoms with Crippen LogP contribution in [0.15, 0.2) is 6.20 Å². The zero-order chi connectivity index (χ0) is 12.3. The molecule has 2 unspecified atom stereocenters. The number of aliphatic hydroxyl groups excluding tert-OH is 1. The van der Waals surface area contributed by atoms with Crippen LogP contribution in [0.1, 0.15) is 31.2 Å². The molecule has 1 aromatic rings. The van der Waals surface area contributed by atoms with E-state index < -0.39 is 0 Å². The lowest BCUT2D eigenvalue weighted by atomic mass is 9.86. The molecule has 0 saturated heterocycles. The zero-order valence-corrected chi connectivity index (χ0v) is 10.2. The van der Waals surface area contributed by atoms with Gasteiger partial charge >= 0.3 is 0 Å². The van der Waals surface area contributed by atoms with Crippen LogP contribution in [-0.4, -0.2) is 27.7 Å². The maximum atomic E-state index is 9.87. The minimum Gasteiger partial charge on any atom is -0.393 e. The Labute approximate surface area is 101 Å². The van der Waals surface area contributed by atoms with Gasteiger partial charge in [0, 0.05) is 24.2 Å². The zero-order valence-electron chi connectivity index (χ0n) is 10.2. The first-order valence-corrected chi connectivity index (χ1v) is 6.18. The molecule has 0 aromatic carbocycles. The molecule has 1 fully saturated rings. The number of nitrogens with zero attached hydrogens (tertiary/aromatic N) is 2. The van der Waals surface area contributed by atoms with Crippen LogP contribution in [0.4, 0.5) is 11.8 Å². The number of anilines is 2. The summed E-state index contributed by atoms with van der Waals surface area (Å²) in [6, 6.07) is 0. The third-order valence-corrected chi connectivity index (χ3v) is 3.39. The Kier molecular flexibility index (Phi) is 3.78. The van der Waals surface area contributed by atoms with E-state index in [-0.39, 0.29) is 12.1 Å². The van der Waals surface area contributed by atoms with Crippen molar-refractivity contribution in [3.63, 3.8) is 0 Å². The molecule has 0 bridgehead atoms. The predicted octanol–water partition coefficient (Wildman–Crippen LogP) is 1.33. The molecule has 94 valence electrons. The van der Waals surface area contributed by atoms with E-state index >= 15 is 0 Å². The lowest BCUT2D eigenvalue weighted by molar-refractivity contribution is 0.0763. The van der Waals surface area contributed by atoms with Crippen LogP contribution in [-0.2, 0) is 0 Å². The van der Waals surface area contributed by atoms with Crippen molar-refractivity contribution in [3.8, 4) is 0 Å². The molecule has 17 heavy (non-hydrogen) atoms. The van der Waals surface area contributed by atoms with Crippen molar-refractivity contribution < 1.29 is 5.11 Å². The SMILES string of the molecule is Cc1cnc(N)nc1NCC1CCCCC1O. The number of rotatable bonds is 3. The molecule has 5 nitrogen and oxygen atoms in total. The number of aryl methyl sites for hydroxylation is 1. The minimum absolute atomic E-state index is 0.184. The summed E-state index contributed by atoms with van der Waals surface area (Å²) in [4.78, 5) is 8.08. The van der Waals surface area contributed by atoms with Crippen molar-refractivity contribution in [2.45, 2.75) is 38.7 Å². The molecule has 1 saturated carbocycles. The molecule has 2 rings (SSSR count). The van der Waals surface area contributed by atoms with Crippen molar-refractivity contribution in [3.05, 3.63) is 11.8 Å². The predicted molar refractivity (Wildman–Crippen MR) is 67.6 cm³/mol. The molecule has 0 aliphatic heterocycles. The van der Waals surface area contributed by atoms with Crippen LogP contribution in [0.3, 0.4) is 0 Å². The van der Waals surface area contributed by atoms with Crippen LogP contribution in [0.2, 0.25) is 0 Å². The van der Waals surface area contributed by atoms with Gasteiger partial charge in [-0.2, -0.15) is 4.98 Å². The first kappa shape index (κ1) is 12.1. The van der Waals surface area contributed by atoms with E-state index in [0.29, 0.717) is 5.92 Å². The van der Waals surface area contributed by atoms with Crippen LogP contribution in [0, 0.1) is 12.8 Å². The van der Waals surface area contributed by atoms with E-state index in [0.717, 1.165) is 37.2 Å². The van der Waals surface area contributed by atoms with E-state index in [1.54, 1.807) is 6.20 Å². The van der Waals surface area contributed by atoms with Gasteiger partial charge in [-0.05, 0) is 19.8 Å². The maximum Gasteiger partial charge on any atom is 0.221 e. The van der Waals surface area contributed by atoms with Gasteiger partial charge < -0.3 is 16.2 Å². The Morgan fingerprint density at radius 3 is 3.00 bits per heavy atom. The molecule has 2 atom stereocenters. The summed E-state index contributed by atoms with van der Waals surface area (Å²) >= 11 is 0. The highest BCUT2D eigenvalue weighted by Gasteiger charge is 2.22. The average molecular weight is 236 g/mol. The van der Waals surface area contributed by atoms with Gasteiger partial charge in [-0.15, -0.1) is 0 Å². The molecule has 0 amide bonds. The summed E-state index contributed by atoms with van der Waals surface area (Å²) in [6.45, 7) is 2.69. The number of nitrogen functional groups attached to an aromatic ring is 1. The number of nitrogens with one attached hydrogen (secondary N) is 1. The molecular formula is C12H20N4O. The molecule has 1 aliphatic carbocycles. The summed E-state index contributed by atoms with van der Waals surface area (Å²) in [5.41, 5.74) is 6.53. The first-order chi connectivity index (χ1) is 8.16. The number of nitrogens with two attached hydrogens (primary N) is 1. The third kappa shape index (κ3) is 3.06. The van der Waals surface area contributed by atoms with E-state index in [9.17, 15) is 5.11 Å². The lowest BCUT2D eigenvalue weighted by Gasteiger charge is -2.27. The molecule has 5 heteroatoms. The fraction of sp³-hybridized carbons (Fsp3) is 0.667. The van der Waals surface area contributed by atoms with E-state index in [2.05, 4.69) is 15.3 Å². The standard InChI is InChI=1S/C12H20N4O/c1-8-6-15-12(13)16-11(8)14-7-9-4-2-3-5-10(9)17/h6,9-10,17H,2-5,7H2,1H3,(H3,13,14,15,16). The second-order valence-corrected chi connectivity index (χ2v) is 4.75. The highest BCUT2D eigenvalue weighted by molar-refractivity contribution is 5.45. The molecule has 0 radical (unpaired) electrons. The van der Waals surface area contributed by atoms with Crippen molar-refractivity contribution in [2.24, 2.45) is 5.92 Å². The van der Waals surface area contributed by atoms with Crippen LogP contribution < -0.4 is 11.1 Å². The van der Waals surface area contributed by atoms with Gasteiger partial charge in [0.2, 0.25) is 5.95 Å². The average Bonchev–Trinajstić information content (AvgIpc) is 2.32. The molecule has 1 aromatic heterocycles. The van der Waals surface area contributed by atoms with Gasteiger partial charge in [-0.3, -0.25) is 0 Å². The maximum absolute atomic E-state index is 9.87. The van der Waals surface area contributed by atoms with Crippen molar-refractivity contribution in [1.82, 2.24) is 9.97 Å². The Bertz CT molecular complexity index is 383. The first-order valence-electron chi connectivity index (χ1n) is 6.18. The van der Waals surface area contributed by atoms with Crippen LogP contribution in [0.25, 0.3) is 0 Å². The van der Waals surface area contributed by atoms with Gasteiger partial charge in [0.15, 0.2) is 0 Å². The van der Waals surface area contributed by atoms with Gasteiger partial charge in [0.25, 0.3) is 0 Å². The van der Waals surface area contributed by atoms with E-state index in [1.165, 1.54) is 6.42 Å². The highest BCUT2D eigenvalue weighted by Crippen LogP contribution is 2.24. The fourth-order valence-corrected chi connectivity index (χ4v) is 2.29. The van der Waals surface area contributed by atoms with Crippen molar-refractivity contribution in [2.75, 3.05) is 17.6 Å². The lowest BCUT2D eigenvalue weighted by Crippen LogP contribution is -2.30. The van der Waals surface area contributed by atoms with Gasteiger partial charge in [-0.1, -0.05) is 12.8 Å². The fourth-order valence-electron chi connectivity index (χ4n) is 2.29. The second kappa shape index (κ2) is 5.31. The molecule has 0 spiro atoms. The smallest absolute Gasteiger partial charge is 0.221 e. The van der Waals surface area contributed by atoms with E-state index in [1.807, 2.05) is 6.92 Å². The summed E-state index contributed by atoms with van der Waals surface area (Å²) in [7, 11) is 0.